The topological polar surface area (TPSA) is 43.4 Å². The average Bonchev–Trinajstić information content (AvgIpc) is 2.43. The van der Waals surface area contributed by atoms with Gasteiger partial charge in [-0.05, 0) is 23.8 Å². The number of ether oxygens (including phenoxy) is 1. The molecule has 2 aromatic rings. The Labute approximate surface area is 112 Å². The molecule has 0 unspecified atom stereocenters. The first-order valence-corrected chi connectivity index (χ1v) is 6.22. The normalized spacial score (nSPS) is 10.4. The summed E-state index contributed by atoms with van der Waals surface area (Å²) in [6, 6.07) is 11.4. The monoisotopic (exact) mass is 256 g/mol. The summed E-state index contributed by atoms with van der Waals surface area (Å²) in [6.45, 7) is 1.49. The summed E-state index contributed by atoms with van der Waals surface area (Å²) in [5.74, 6) is 0.531. The fourth-order valence-corrected chi connectivity index (χ4v) is 2.12. The summed E-state index contributed by atoms with van der Waals surface area (Å²) in [6.07, 6.45) is 0.491. The maximum Gasteiger partial charge on any atom is 0.167 e. The highest BCUT2D eigenvalue weighted by Gasteiger charge is 2.16. The number of benzene rings is 2. The number of hydrogen-bond donors (Lipinski definition) is 0. The van der Waals surface area contributed by atoms with Crippen LogP contribution in [0.1, 0.15) is 30.1 Å². The van der Waals surface area contributed by atoms with Crippen molar-refractivity contribution in [3.8, 4) is 5.75 Å². The molecule has 2 rings (SSSR count). The van der Waals surface area contributed by atoms with Gasteiger partial charge in [-0.15, -0.1) is 0 Å². The van der Waals surface area contributed by atoms with Crippen LogP contribution < -0.4 is 4.74 Å². The van der Waals surface area contributed by atoms with Crippen molar-refractivity contribution < 1.29 is 14.3 Å². The average molecular weight is 256 g/mol. The molecule has 0 saturated heterocycles. The lowest BCUT2D eigenvalue weighted by molar-refractivity contribution is -0.116. The van der Waals surface area contributed by atoms with Crippen LogP contribution in [0.15, 0.2) is 36.4 Å². The highest BCUT2D eigenvalue weighted by Crippen LogP contribution is 2.29. The van der Waals surface area contributed by atoms with Crippen LogP contribution in [-0.2, 0) is 4.79 Å². The SMILES string of the molecule is COc1ccc2ccccc2c1C(=O)CCC(C)=O. The minimum Gasteiger partial charge on any atom is -0.496 e. The second-order valence-electron chi connectivity index (χ2n) is 4.49. The van der Waals surface area contributed by atoms with Crippen LogP contribution in [0.4, 0.5) is 0 Å². The summed E-state index contributed by atoms with van der Waals surface area (Å²) in [5, 5.41) is 1.87. The van der Waals surface area contributed by atoms with Gasteiger partial charge in [-0.1, -0.05) is 30.3 Å². The molecule has 0 heterocycles. The molecule has 0 bridgehead atoms. The molecule has 3 heteroatoms. The van der Waals surface area contributed by atoms with E-state index in [0.29, 0.717) is 11.3 Å². The number of rotatable bonds is 5. The van der Waals surface area contributed by atoms with Gasteiger partial charge in [-0.2, -0.15) is 0 Å². The molecule has 0 fully saturated rings. The molecule has 0 N–H and O–H groups in total. The highest BCUT2D eigenvalue weighted by atomic mass is 16.5. The Morgan fingerprint density at radius 1 is 1.05 bits per heavy atom. The van der Waals surface area contributed by atoms with Gasteiger partial charge in [0.05, 0.1) is 12.7 Å². The molecule has 0 aliphatic heterocycles. The molecule has 98 valence electrons. The van der Waals surface area contributed by atoms with Gasteiger partial charge in [0.1, 0.15) is 11.5 Å². The molecule has 0 aliphatic rings. The Balaban J connectivity index is 2.49. The summed E-state index contributed by atoms with van der Waals surface area (Å²) in [4.78, 5) is 23.3. The van der Waals surface area contributed by atoms with E-state index in [1.807, 2.05) is 30.3 Å². The molecule has 0 aromatic heterocycles. The predicted octanol–water partition coefficient (Wildman–Crippen LogP) is 3.40. The van der Waals surface area contributed by atoms with Gasteiger partial charge in [0.15, 0.2) is 5.78 Å². The largest absolute Gasteiger partial charge is 0.496 e. The van der Waals surface area contributed by atoms with E-state index in [2.05, 4.69) is 0 Å². The molecule has 0 spiro atoms. The van der Waals surface area contributed by atoms with E-state index < -0.39 is 0 Å². The van der Waals surface area contributed by atoms with Crippen molar-refractivity contribution in [2.24, 2.45) is 0 Å². The van der Waals surface area contributed by atoms with E-state index in [-0.39, 0.29) is 24.4 Å². The fourth-order valence-electron chi connectivity index (χ4n) is 2.12. The van der Waals surface area contributed by atoms with E-state index in [9.17, 15) is 9.59 Å². The summed E-state index contributed by atoms with van der Waals surface area (Å²) >= 11 is 0. The number of carbonyl (C=O) groups excluding carboxylic acids is 2. The third-order valence-electron chi connectivity index (χ3n) is 3.09. The van der Waals surface area contributed by atoms with Crippen LogP contribution in [0.2, 0.25) is 0 Å². The van der Waals surface area contributed by atoms with Crippen molar-refractivity contribution >= 4 is 22.3 Å². The second kappa shape index (κ2) is 5.65. The second-order valence-corrected chi connectivity index (χ2v) is 4.49. The van der Waals surface area contributed by atoms with Crippen LogP contribution in [0, 0.1) is 0 Å². The lowest BCUT2D eigenvalue weighted by atomic mass is 9.97. The van der Waals surface area contributed by atoms with Gasteiger partial charge < -0.3 is 9.53 Å². The molecule has 19 heavy (non-hydrogen) atoms. The Bertz CT molecular complexity index is 629. The van der Waals surface area contributed by atoms with Crippen molar-refractivity contribution in [1.82, 2.24) is 0 Å². The summed E-state index contributed by atoms with van der Waals surface area (Å²) in [5.41, 5.74) is 0.571. The van der Waals surface area contributed by atoms with Crippen LogP contribution >= 0.6 is 0 Å². The van der Waals surface area contributed by atoms with Crippen molar-refractivity contribution in [2.75, 3.05) is 7.11 Å². The van der Waals surface area contributed by atoms with Gasteiger partial charge >= 0.3 is 0 Å². The zero-order chi connectivity index (χ0) is 13.8. The van der Waals surface area contributed by atoms with Crippen molar-refractivity contribution in [3.63, 3.8) is 0 Å². The zero-order valence-electron chi connectivity index (χ0n) is 11.1. The molecule has 0 saturated carbocycles. The Morgan fingerprint density at radius 2 is 1.79 bits per heavy atom. The van der Waals surface area contributed by atoms with Crippen LogP contribution in [0.3, 0.4) is 0 Å². The van der Waals surface area contributed by atoms with Crippen LogP contribution in [0.25, 0.3) is 10.8 Å². The quantitative estimate of drug-likeness (QED) is 0.770. The smallest absolute Gasteiger partial charge is 0.167 e. The Kier molecular flexibility index (Phi) is 3.95. The Morgan fingerprint density at radius 3 is 2.47 bits per heavy atom. The standard InChI is InChI=1S/C16H16O3/c1-11(17)7-9-14(18)16-13-6-4-3-5-12(13)8-10-15(16)19-2/h3-6,8,10H,7,9H2,1-2H3. The number of hydrogen-bond acceptors (Lipinski definition) is 3. The lowest BCUT2D eigenvalue weighted by Gasteiger charge is -2.10. The third-order valence-corrected chi connectivity index (χ3v) is 3.09. The highest BCUT2D eigenvalue weighted by molar-refractivity contribution is 6.11. The number of methoxy groups -OCH3 is 1. The molecule has 0 aliphatic carbocycles. The molecule has 0 radical (unpaired) electrons. The number of ketones is 2. The molecule has 2 aromatic carbocycles. The van der Waals surface area contributed by atoms with Gasteiger partial charge in [-0.25, -0.2) is 0 Å². The molecular formula is C16H16O3. The molecule has 0 amide bonds. The third kappa shape index (κ3) is 2.81. The zero-order valence-corrected chi connectivity index (χ0v) is 11.1. The minimum absolute atomic E-state index is 0.0209. The van der Waals surface area contributed by atoms with E-state index in [1.165, 1.54) is 6.92 Å². The molecule has 3 nitrogen and oxygen atoms in total. The molecule has 0 atom stereocenters. The number of Topliss-reactive ketones (excluding diaryl/α,β-unsaturated/α-hetero) is 2. The number of carbonyl (C=O) groups is 2. The fraction of sp³-hybridized carbons (Fsp3) is 0.250. The van der Waals surface area contributed by atoms with Crippen LogP contribution in [0.5, 0.6) is 5.75 Å². The Hall–Kier alpha value is -2.16. The first kappa shape index (κ1) is 13.3. The minimum atomic E-state index is -0.0520. The maximum atomic E-state index is 12.3. The first-order valence-electron chi connectivity index (χ1n) is 6.22. The van der Waals surface area contributed by atoms with Gasteiger partial charge in [0.25, 0.3) is 0 Å². The van der Waals surface area contributed by atoms with Gasteiger partial charge in [0.2, 0.25) is 0 Å². The summed E-state index contributed by atoms with van der Waals surface area (Å²) < 4.78 is 5.28. The summed E-state index contributed by atoms with van der Waals surface area (Å²) in [7, 11) is 1.55. The number of fused-ring (bicyclic) bond motifs is 1. The van der Waals surface area contributed by atoms with Gasteiger partial charge in [0, 0.05) is 12.8 Å². The molecular weight excluding hydrogens is 240 g/mol. The van der Waals surface area contributed by atoms with E-state index >= 15 is 0 Å². The predicted molar refractivity (Wildman–Crippen MR) is 74.7 cm³/mol. The van der Waals surface area contributed by atoms with Crippen molar-refractivity contribution in [1.29, 1.82) is 0 Å². The van der Waals surface area contributed by atoms with Gasteiger partial charge in [-0.3, -0.25) is 4.79 Å². The van der Waals surface area contributed by atoms with Crippen LogP contribution in [-0.4, -0.2) is 18.7 Å². The first-order chi connectivity index (χ1) is 9.13. The van der Waals surface area contributed by atoms with Crippen molar-refractivity contribution in [2.45, 2.75) is 19.8 Å². The maximum absolute atomic E-state index is 12.3. The van der Waals surface area contributed by atoms with E-state index in [0.717, 1.165) is 10.8 Å². The van der Waals surface area contributed by atoms with Crippen molar-refractivity contribution in [3.05, 3.63) is 42.0 Å². The van der Waals surface area contributed by atoms with E-state index in [4.69, 9.17) is 4.74 Å². The lowest BCUT2D eigenvalue weighted by Crippen LogP contribution is -2.05. The van der Waals surface area contributed by atoms with E-state index in [1.54, 1.807) is 13.2 Å².